The molecule has 1 aromatic carbocycles. The van der Waals surface area contributed by atoms with Gasteiger partial charge in [-0.05, 0) is 99.3 Å². The second kappa shape index (κ2) is 11.9. The SMILES string of the molecule is COc1ccc2nccc(CCC[C@@H]3CCN(CCCCc4cncnc4)C[C@@H]3C(=O)O)c2c1. The molecule has 0 spiro atoms. The highest BCUT2D eigenvalue weighted by molar-refractivity contribution is 5.83. The number of hydrogen-bond acceptors (Lipinski definition) is 6. The lowest BCUT2D eigenvalue weighted by Crippen LogP contribution is -2.44. The van der Waals surface area contributed by atoms with Crippen molar-refractivity contribution in [3.63, 3.8) is 0 Å². The number of methoxy groups -OCH3 is 1. The number of rotatable bonds is 11. The van der Waals surface area contributed by atoms with Crippen molar-refractivity contribution in [2.45, 2.75) is 44.9 Å². The first-order valence-electron chi connectivity index (χ1n) is 12.2. The van der Waals surface area contributed by atoms with Crippen LogP contribution in [0.1, 0.15) is 43.2 Å². The quantitative estimate of drug-likeness (QED) is 0.423. The first kappa shape index (κ1) is 24.1. The molecule has 2 aromatic heterocycles. The summed E-state index contributed by atoms with van der Waals surface area (Å²) in [6.07, 6.45) is 14.0. The van der Waals surface area contributed by atoms with Gasteiger partial charge in [0.25, 0.3) is 0 Å². The summed E-state index contributed by atoms with van der Waals surface area (Å²) in [5.74, 6) is 0.121. The summed E-state index contributed by atoms with van der Waals surface area (Å²) < 4.78 is 5.38. The Kier molecular flexibility index (Phi) is 8.41. The number of benzene rings is 1. The number of unbranched alkanes of at least 4 members (excludes halogenated alkanes) is 1. The predicted molar refractivity (Wildman–Crippen MR) is 132 cm³/mol. The number of piperidine rings is 1. The van der Waals surface area contributed by atoms with Crippen LogP contribution in [0.15, 0.2) is 49.2 Å². The Labute approximate surface area is 201 Å². The number of hydrogen-bond donors (Lipinski definition) is 1. The van der Waals surface area contributed by atoms with Crippen molar-refractivity contribution in [1.29, 1.82) is 0 Å². The van der Waals surface area contributed by atoms with Gasteiger partial charge in [0, 0.05) is 30.5 Å². The Morgan fingerprint density at radius 3 is 2.79 bits per heavy atom. The monoisotopic (exact) mass is 462 g/mol. The number of likely N-dealkylation sites (tertiary alicyclic amines) is 1. The van der Waals surface area contributed by atoms with Crippen molar-refractivity contribution in [3.05, 3.63) is 60.3 Å². The summed E-state index contributed by atoms with van der Waals surface area (Å²) in [5, 5.41) is 11.0. The highest BCUT2D eigenvalue weighted by Gasteiger charge is 2.33. The molecule has 34 heavy (non-hydrogen) atoms. The largest absolute Gasteiger partial charge is 0.497 e. The third-order valence-corrected chi connectivity index (χ3v) is 7.02. The molecule has 3 aromatic rings. The Bertz CT molecular complexity index is 1080. The Balaban J connectivity index is 1.26. The van der Waals surface area contributed by atoms with E-state index in [1.165, 1.54) is 5.56 Å². The van der Waals surface area contributed by atoms with Gasteiger partial charge in [-0.2, -0.15) is 0 Å². The second-order valence-corrected chi connectivity index (χ2v) is 9.24. The van der Waals surface area contributed by atoms with E-state index in [0.29, 0.717) is 6.54 Å². The smallest absolute Gasteiger partial charge is 0.308 e. The standard InChI is InChI=1S/C27H34N4O3/c1-34-23-8-9-26-24(15-23)21(10-12-30-26)6-4-7-22-11-14-31(18-25(22)27(32)33)13-3-2-5-20-16-28-19-29-17-20/h8-10,12,15-17,19,22,25H,2-7,11,13-14,18H2,1H3,(H,32,33)/t22-,25+/m1/s1. The minimum absolute atomic E-state index is 0.234. The molecule has 0 unspecified atom stereocenters. The fourth-order valence-corrected chi connectivity index (χ4v) is 5.10. The van der Waals surface area contributed by atoms with Crippen molar-refractivity contribution in [2.24, 2.45) is 11.8 Å². The Morgan fingerprint density at radius 1 is 1.15 bits per heavy atom. The Morgan fingerprint density at radius 2 is 2.00 bits per heavy atom. The molecule has 1 aliphatic rings. The third kappa shape index (κ3) is 6.29. The average Bonchev–Trinajstić information content (AvgIpc) is 2.87. The summed E-state index contributed by atoms with van der Waals surface area (Å²) in [6.45, 7) is 2.59. The second-order valence-electron chi connectivity index (χ2n) is 9.24. The number of carboxylic acid groups (broad SMARTS) is 1. The zero-order valence-electron chi connectivity index (χ0n) is 19.9. The molecule has 2 atom stereocenters. The molecule has 0 amide bonds. The molecule has 7 nitrogen and oxygen atoms in total. The molecule has 3 heterocycles. The molecule has 0 radical (unpaired) electrons. The van der Waals surface area contributed by atoms with Crippen LogP contribution in [-0.2, 0) is 17.6 Å². The summed E-state index contributed by atoms with van der Waals surface area (Å²) >= 11 is 0. The van der Waals surface area contributed by atoms with Gasteiger partial charge in [0.2, 0.25) is 0 Å². The first-order chi connectivity index (χ1) is 16.6. The molecule has 0 saturated carbocycles. The van der Waals surface area contributed by atoms with Crippen LogP contribution >= 0.6 is 0 Å². The van der Waals surface area contributed by atoms with Crippen molar-refractivity contribution in [1.82, 2.24) is 19.9 Å². The number of fused-ring (bicyclic) bond motifs is 1. The van der Waals surface area contributed by atoms with Gasteiger partial charge in [0.1, 0.15) is 12.1 Å². The summed E-state index contributed by atoms with van der Waals surface area (Å²) in [7, 11) is 1.67. The molecule has 1 fully saturated rings. The predicted octanol–water partition coefficient (Wildman–Crippen LogP) is 4.40. The summed E-state index contributed by atoms with van der Waals surface area (Å²) in [6, 6.07) is 8.03. The van der Waals surface area contributed by atoms with Gasteiger partial charge in [-0.3, -0.25) is 9.78 Å². The van der Waals surface area contributed by atoms with Crippen LogP contribution in [0, 0.1) is 11.8 Å². The lowest BCUT2D eigenvalue weighted by molar-refractivity contribution is -0.146. The van der Waals surface area contributed by atoms with E-state index in [9.17, 15) is 9.90 Å². The van der Waals surface area contributed by atoms with Gasteiger partial charge in [0.15, 0.2) is 0 Å². The summed E-state index contributed by atoms with van der Waals surface area (Å²) in [5.41, 5.74) is 3.37. The van der Waals surface area contributed by atoms with E-state index in [-0.39, 0.29) is 11.8 Å². The van der Waals surface area contributed by atoms with Crippen LogP contribution in [-0.4, -0.2) is 57.7 Å². The normalized spacial score (nSPS) is 18.7. The van der Waals surface area contributed by atoms with Crippen LogP contribution in [0.25, 0.3) is 10.9 Å². The van der Waals surface area contributed by atoms with Gasteiger partial charge in [-0.25, -0.2) is 9.97 Å². The molecule has 0 bridgehead atoms. The fraction of sp³-hybridized carbons (Fsp3) is 0.481. The van der Waals surface area contributed by atoms with Crippen LogP contribution in [0.5, 0.6) is 5.75 Å². The van der Waals surface area contributed by atoms with Crippen molar-refractivity contribution in [2.75, 3.05) is 26.7 Å². The van der Waals surface area contributed by atoms with E-state index in [0.717, 1.165) is 80.3 Å². The van der Waals surface area contributed by atoms with Gasteiger partial charge in [0.05, 0.1) is 18.5 Å². The van der Waals surface area contributed by atoms with Crippen molar-refractivity contribution in [3.8, 4) is 5.75 Å². The van der Waals surface area contributed by atoms with Crippen molar-refractivity contribution >= 4 is 16.9 Å². The molecule has 4 rings (SSSR count). The number of nitrogens with zero attached hydrogens (tertiary/aromatic N) is 4. The topological polar surface area (TPSA) is 88.4 Å². The Hall–Kier alpha value is -3.06. The van der Waals surface area contributed by atoms with E-state index in [1.54, 1.807) is 13.4 Å². The number of aryl methyl sites for hydroxylation is 2. The number of carboxylic acids is 1. The maximum atomic E-state index is 12.0. The zero-order chi connectivity index (χ0) is 23.8. The maximum Gasteiger partial charge on any atom is 0.308 e. The maximum absolute atomic E-state index is 12.0. The van der Waals surface area contributed by atoms with E-state index in [2.05, 4.69) is 25.9 Å². The van der Waals surface area contributed by atoms with Crippen LogP contribution in [0.4, 0.5) is 0 Å². The average molecular weight is 463 g/mol. The zero-order valence-corrected chi connectivity index (χ0v) is 19.9. The minimum atomic E-state index is -0.657. The number of carbonyl (C=O) groups is 1. The molecular weight excluding hydrogens is 428 g/mol. The molecule has 0 aliphatic carbocycles. The minimum Gasteiger partial charge on any atom is -0.497 e. The first-order valence-corrected chi connectivity index (χ1v) is 12.2. The summed E-state index contributed by atoms with van der Waals surface area (Å²) in [4.78, 5) is 27.0. The van der Waals surface area contributed by atoms with E-state index in [4.69, 9.17) is 4.74 Å². The van der Waals surface area contributed by atoms with Crippen molar-refractivity contribution < 1.29 is 14.6 Å². The van der Waals surface area contributed by atoms with Gasteiger partial charge >= 0.3 is 5.97 Å². The van der Waals surface area contributed by atoms with E-state index >= 15 is 0 Å². The highest BCUT2D eigenvalue weighted by Crippen LogP contribution is 2.30. The number of ether oxygens (including phenoxy) is 1. The van der Waals surface area contributed by atoms with Crippen LogP contribution in [0.2, 0.25) is 0 Å². The lowest BCUT2D eigenvalue weighted by atomic mass is 9.81. The van der Waals surface area contributed by atoms with Gasteiger partial charge < -0.3 is 14.7 Å². The van der Waals surface area contributed by atoms with Gasteiger partial charge in [-0.15, -0.1) is 0 Å². The highest BCUT2D eigenvalue weighted by atomic mass is 16.5. The number of aliphatic carboxylic acids is 1. The molecular formula is C27H34N4O3. The molecule has 180 valence electrons. The van der Waals surface area contributed by atoms with E-state index in [1.807, 2.05) is 36.8 Å². The number of pyridine rings is 1. The van der Waals surface area contributed by atoms with Crippen LogP contribution in [0.3, 0.4) is 0 Å². The lowest BCUT2D eigenvalue weighted by Gasteiger charge is -2.36. The van der Waals surface area contributed by atoms with Crippen LogP contribution < -0.4 is 4.74 Å². The number of aromatic nitrogens is 3. The third-order valence-electron chi connectivity index (χ3n) is 7.02. The van der Waals surface area contributed by atoms with E-state index < -0.39 is 5.97 Å². The fourth-order valence-electron chi connectivity index (χ4n) is 5.10. The molecule has 1 aliphatic heterocycles. The molecule has 1 saturated heterocycles. The van der Waals surface area contributed by atoms with Gasteiger partial charge in [-0.1, -0.05) is 0 Å². The molecule has 7 heteroatoms. The molecule has 1 N–H and O–H groups in total.